The Hall–Kier alpha value is -1.52. The summed E-state index contributed by atoms with van der Waals surface area (Å²) in [5.74, 6) is 0.901. The number of aromatic nitrogens is 1. The fraction of sp³-hybridized carbons (Fsp3) is 0.357. The number of anilines is 1. The summed E-state index contributed by atoms with van der Waals surface area (Å²) >= 11 is 6.14. The SMILES string of the molecule is CCNCc1nc(N(C)Cc2ccoc2)ccc1Cl. The van der Waals surface area contributed by atoms with Crippen LogP contribution < -0.4 is 10.2 Å². The molecule has 0 aromatic carbocycles. The predicted molar refractivity (Wildman–Crippen MR) is 77.4 cm³/mol. The second-order valence-corrected chi connectivity index (χ2v) is 4.77. The highest BCUT2D eigenvalue weighted by Gasteiger charge is 2.08. The van der Waals surface area contributed by atoms with Gasteiger partial charge >= 0.3 is 0 Å². The van der Waals surface area contributed by atoms with Gasteiger partial charge in [-0.15, -0.1) is 0 Å². The maximum atomic E-state index is 6.14. The van der Waals surface area contributed by atoms with Gasteiger partial charge in [-0.2, -0.15) is 0 Å². The van der Waals surface area contributed by atoms with Crippen LogP contribution in [0.2, 0.25) is 5.02 Å². The summed E-state index contributed by atoms with van der Waals surface area (Å²) in [5, 5.41) is 3.93. The highest BCUT2D eigenvalue weighted by Crippen LogP contribution is 2.20. The van der Waals surface area contributed by atoms with Crippen molar-refractivity contribution in [3.05, 3.63) is 47.0 Å². The van der Waals surface area contributed by atoms with Crippen LogP contribution in [0.4, 0.5) is 5.82 Å². The van der Waals surface area contributed by atoms with Crippen LogP contribution in [0.15, 0.2) is 35.1 Å². The second kappa shape index (κ2) is 6.59. The minimum atomic E-state index is 0.683. The first kappa shape index (κ1) is 13.9. The van der Waals surface area contributed by atoms with E-state index in [1.807, 2.05) is 25.2 Å². The Kier molecular flexibility index (Phi) is 4.82. The number of halogens is 1. The summed E-state index contributed by atoms with van der Waals surface area (Å²) < 4.78 is 5.07. The molecule has 102 valence electrons. The van der Waals surface area contributed by atoms with E-state index in [0.717, 1.165) is 30.2 Å². The molecule has 0 atom stereocenters. The van der Waals surface area contributed by atoms with E-state index >= 15 is 0 Å². The van der Waals surface area contributed by atoms with Gasteiger partial charge in [0, 0.05) is 25.7 Å². The second-order valence-electron chi connectivity index (χ2n) is 4.37. The Morgan fingerprint density at radius 1 is 1.37 bits per heavy atom. The van der Waals surface area contributed by atoms with Crippen molar-refractivity contribution in [2.45, 2.75) is 20.0 Å². The molecule has 2 heterocycles. The van der Waals surface area contributed by atoms with Crippen molar-refractivity contribution < 1.29 is 4.42 Å². The van der Waals surface area contributed by atoms with Crippen molar-refractivity contribution in [1.29, 1.82) is 0 Å². The molecule has 0 saturated carbocycles. The van der Waals surface area contributed by atoms with Gasteiger partial charge in [-0.05, 0) is 24.7 Å². The number of nitrogens with zero attached hydrogens (tertiary/aromatic N) is 2. The van der Waals surface area contributed by atoms with Gasteiger partial charge in [0.2, 0.25) is 0 Å². The van der Waals surface area contributed by atoms with Gasteiger partial charge in [0.05, 0.1) is 23.2 Å². The quantitative estimate of drug-likeness (QED) is 0.882. The topological polar surface area (TPSA) is 41.3 Å². The van der Waals surface area contributed by atoms with Gasteiger partial charge in [0.25, 0.3) is 0 Å². The Morgan fingerprint density at radius 2 is 2.21 bits per heavy atom. The highest BCUT2D eigenvalue weighted by atomic mass is 35.5. The van der Waals surface area contributed by atoms with Crippen LogP contribution in [0.1, 0.15) is 18.2 Å². The molecule has 0 fully saturated rings. The van der Waals surface area contributed by atoms with Crippen LogP contribution in [0.3, 0.4) is 0 Å². The number of pyridine rings is 1. The van der Waals surface area contributed by atoms with Gasteiger partial charge in [-0.1, -0.05) is 18.5 Å². The smallest absolute Gasteiger partial charge is 0.129 e. The normalized spacial score (nSPS) is 10.7. The molecule has 0 bridgehead atoms. The lowest BCUT2D eigenvalue weighted by Gasteiger charge is -2.18. The van der Waals surface area contributed by atoms with Crippen LogP contribution in [0.25, 0.3) is 0 Å². The van der Waals surface area contributed by atoms with Crippen molar-refractivity contribution >= 4 is 17.4 Å². The monoisotopic (exact) mass is 279 g/mol. The average Bonchev–Trinajstić information content (AvgIpc) is 2.90. The summed E-state index contributed by atoms with van der Waals surface area (Å²) in [5.41, 5.74) is 1.99. The lowest BCUT2D eigenvalue weighted by atomic mass is 10.3. The van der Waals surface area contributed by atoms with Crippen molar-refractivity contribution in [2.24, 2.45) is 0 Å². The average molecular weight is 280 g/mol. The molecule has 2 aromatic heterocycles. The highest BCUT2D eigenvalue weighted by molar-refractivity contribution is 6.31. The predicted octanol–water partition coefficient (Wildman–Crippen LogP) is 3.07. The molecule has 5 heteroatoms. The van der Waals surface area contributed by atoms with Crippen molar-refractivity contribution in [3.63, 3.8) is 0 Å². The zero-order chi connectivity index (χ0) is 13.7. The maximum Gasteiger partial charge on any atom is 0.129 e. The van der Waals surface area contributed by atoms with Crippen LogP contribution in [0.5, 0.6) is 0 Å². The molecule has 0 aliphatic heterocycles. The molecule has 2 aromatic rings. The Morgan fingerprint density at radius 3 is 2.89 bits per heavy atom. The molecule has 19 heavy (non-hydrogen) atoms. The van der Waals surface area contributed by atoms with Gasteiger partial charge in [0.15, 0.2) is 0 Å². The summed E-state index contributed by atoms with van der Waals surface area (Å²) in [7, 11) is 2.00. The van der Waals surface area contributed by atoms with Crippen LogP contribution in [0, 0.1) is 0 Å². The molecule has 0 amide bonds. The van der Waals surface area contributed by atoms with E-state index in [4.69, 9.17) is 16.0 Å². The third kappa shape index (κ3) is 3.72. The minimum absolute atomic E-state index is 0.683. The van der Waals surface area contributed by atoms with E-state index < -0.39 is 0 Å². The van der Waals surface area contributed by atoms with Crippen LogP contribution in [-0.4, -0.2) is 18.6 Å². The molecule has 0 spiro atoms. The van der Waals surface area contributed by atoms with Crippen molar-refractivity contribution in [3.8, 4) is 0 Å². The standard InChI is InChI=1S/C14H18ClN3O/c1-3-16-8-13-12(15)4-5-14(17-13)18(2)9-11-6-7-19-10-11/h4-7,10,16H,3,8-9H2,1-2H3. The molecule has 0 aliphatic carbocycles. The van der Waals surface area contributed by atoms with E-state index in [0.29, 0.717) is 11.6 Å². The number of hydrogen-bond donors (Lipinski definition) is 1. The Balaban J connectivity index is 2.10. The molecule has 4 nitrogen and oxygen atoms in total. The molecule has 1 N–H and O–H groups in total. The third-order valence-electron chi connectivity index (χ3n) is 2.84. The first-order chi connectivity index (χ1) is 9.20. The minimum Gasteiger partial charge on any atom is -0.472 e. The summed E-state index contributed by atoms with van der Waals surface area (Å²) in [6.45, 7) is 4.39. The fourth-order valence-electron chi connectivity index (χ4n) is 1.79. The van der Waals surface area contributed by atoms with E-state index in [1.165, 1.54) is 0 Å². The lowest BCUT2D eigenvalue weighted by Crippen LogP contribution is -2.19. The molecular formula is C14H18ClN3O. The van der Waals surface area contributed by atoms with Gasteiger partial charge in [0.1, 0.15) is 5.82 Å². The van der Waals surface area contributed by atoms with E-state index in [2.05, 4.69) is 22.1 Å². The van der Waals surface area contributed by atoms with Crippen LogP contribution >= 0.6 is 11.6 Å². The largest absolute Gasteiger partial charge is 0.472 e. The number of hydrogen-bond acceptors (Lipinski definition) is 4. The number of nitrogens with one attached hydrogen (secondary N) is 1. The molecule has 0 aliphatic rings. The molecular weight excluding hydrogens is 262 g/mol. The molecule has 0 saturated heterocycles. The molecule has 0 radical (unpaired) electrons. The van der Waals surface area contributed by atoms with E-state index in [1.54, 1.807) is 12.5 Å². The van der Waals surface area contributed by atoms with Crippen molar-refractivity contribution in [1.82, 2.24) is 10.3 Å². The Labute approximate surface area is 118 Å². The number of furan rings is 1. The molecule has 0 unspecified atom stereocenters. The first-order valence-corrected chi connectivity index (χ1v) is 6.67. The number of rotatable bonds is 6. The van der Waals surface area contributed by atoms with E-state index in [-0.39, 0.29) is 0 Å². The zero-order valence-electron chi connectivity index (χ0n) is 11.2. The third-order valence-corrected chi connectivity index (χ3v) is 3.18. The summed E-state index contributed by atoms with van der Waals surface area (Å²) in [6.07, 6.45) is 3.42. The summed E-state index contributed by atoms with van der Waals surface area (Å²) in [4.78, 5) is 6.66. The maximum absolute atomic E-state index is 6.14. The fourth-order valence-corrected chi connectivity index (χ4v) is 1.96. The van der Waals surface area contributed by atoms with Gasteiger partial charge in [-0.25, -0.2) is 4.98 Å². The lowest BCUT2D eigenvalue weighted by molar-refractivity contribution is 0.563. The van der Waals surface area contributed by atoms with Gasteiger partial charge in [-0.3, -0.25) is 0 Å². The van der Waals surface area contributed by atoms with Crippen LogP contribution in [-0.2, 0) is 13.1 Å². The van der Waals surface area contributed by atoms with Crippen molar-refractivity contribution in [2.75, 3.05) is 18.5 Å². The van der Waals surface area contributed by atoms with Gasteiger partial charge < -0.3 is 14.6 Å². The zero-order valence-corrected chi connectivity index (χ0v) is 11.9. The Bertz CT molecular complexity index is 513. The molecule has 2 rings (SSSR count). The first-order valence-electron chi connectivity index (χ1n) is 6.29. The van der Waals surface area contributed by atoms with E-state index in [9.17, 15) is 0 Å². The summed E-state index contributed by atoms with van der Waals surface area (Å²) in [6, 6.07) is 5.77.